The van der Waals surface area contributed by atoms with Crippen molar-refractivity contribution in [2.24, 2.45) is 0 Å². The minimum absolute atomic E-state index is 0.0866. The number of unbranched alkanes of at least 4 members (excludes halogenated alkanes) is 1. The molecule has 0 bridgehead atoms. The molecule has 1 amide bonds. The molecular formula is C31H39NO4. The number of hydrogen-bond donors (Lipinski definition) is 2. The molecule has 0 aliphatic rings. The Balaban J connectivity index is 1.86. The van der Waals surface area contributed by atoms with Crippen LogP contribution in [0.3, 0.4) is 0 Å². The molecule has 0 heterocycles. The van der Waals surface area contributed by atoms with Crippen LogP contribution in [-0.4, -0.2) is 30.1 Å². The van der Waals surface area contributed by atoms with Crippen molar-refractivity contribution < 1.29 is 19.4 Å². The third-order valence-electron chi connectivity index (χ3n) is 6.55. The van der Waals surface area contributed by atoms with Crippen LogP contribution in [-0.2, 0) is 11.2 Å². The molecule has 192 valence electrons. The van der Waals surface area contributed by atoms with Gasteiger partial charge in [-0.05, 0) is 59.4 Å². The van der Waals surface area contributed by atoms with Crippen LogP contribution < -0.4 is 10.1 Å². The second-order valence-electron chi connectivity index (χ2n) is 9.34. The summed E-state index contributed by atoms with van der Waals surface area (Å²) in [6.45, 7) is 7.45. The third kappa shape index (κ3) is 7.09. The van der Waals surface area contributed by atoms with Crippen LogP contribution in [0, 0.1) is 0 Å². The van der Waals surface area contributed by atoms with Crippen LogP contribution in [0.15, 0.2) is 54.6 Å². The minimum atomic E-state index is -0.925. The number of hydrogen-bond acceptors (Lipinski definition) is 3. The van der Waals surface area contributed by atoms with Gasteiger partial charge in [-0.15, -0.1) is 0 Å². The minimum Gasteiger partial charge on any atom is -0.493 e. The first-order valence-corrected chi connectivity index (χ1v) is 13.3. The monoisotopic (exact) mass is 489 g/mol. The Morgan fingerprint density at radius 3 is 2.33 bits per heavy atom. The molecule has 3 rings (SSSR count). The average Bonchev–Trinajstić information content (AvgIpc) is 2.88. The summed E-state index contributed by atoms with van der Waals surface area (Å²) in [6.07, 6.45) is 6.21. The van der Waals surface area contributed by atoms with Gasteiger partial charge in [0.25, 0.3) is 5.91 Å². The van der Waals surface area contributed by atoms with E-state index in [0.717, 1.165) is 50.9 Å². The lowest BCUT2D eigenvalue weighted by molar-refractivity contribution is -0.136. The molecule has 3 aromatic carbocycles. The van der Waals surface area contributed by atoms with Crippen LogP contribution in [0.25, 0.3) is 10.8 Å². The predicted octanol–water partition coefficient (Wildman–Crippen LogP) is 7.11. The van der Waals surface area contributed by atoms with Gasteiger partial charge in [-0.3, -0.25) is 9.59 Å². The van der Waals surface area contributed by atoms with Gasteiger partial charge in [0.1, 0.15) is 5.75 Å². The van der Waals surface area contributed by atoms with Gasteiger partial charge in [-0.2, -0.15) is 0 Å². The van der Waals surface area contributed by atoms with E-state index >= 15 is 0 Å². The maximum atomic E-state index is 12.3. The number of fused-ring (bicyclic) bond motifs is 1. The highest BCUT2D eigenvalue weighted by atomic mass is 16.5. The smallest absolute Gasteiger partial charge is 0.305 e. The maximum Gasteiger partial charge on any atom is 0.305 e. The van der Waals surface area contributed by atoms with Crippen molar-refractivity contribution >= 4 is 22.6 Å². The van der Waals surface area contributed by atoms with E-state index < -0.39 is 5.97 Å². The van der Waals surface area contributed by atoms with Crippen molar-refractivity contribution in [3.8, 4) is 5.75 Å². The topological polar surface area (TPSA) is 75.6 Å². The molecular weight excluding hydrogens is 450 g/mol. The molecule has 5 heteroatoms. The Morgan fingerprint density at radius 2 is 1.67 bits per heavy atom. The third-order valence-corrected chi connectivity index (χ3v) is 6.55. The highest BCUT2D eigenvalue weighted by Gasteiger charge is 2.17. The van der Waals surface area contributed by atoms with E-state index in [1.54, 1.807) is 0 Å². The fourth-order valence-corrected chi connectivity index (χ4v) is 4.65. The Kier molecular flexibility index (Phi) is 10.3. The van der Waals surface area contributed by atoms with Crippen LogP contribution in [0.5, 0.6) is 5.75 Å². The number of aryl methyl sites for hydroxylation is 1. The molecule has 0 saturated carbocycles. The number of aliphatic carboxylic acids is 1. The summed E-state index contributed by atoms with van der Waals surface area (Å²) in [7, 11) is 0. The van der Waals surface area contributed by atoms with Gasteiger partial charge in [-0.1, -0.05) is 76.4 Å². The highest BCUT2D eigenvalue weighted by Crippen LogP contribution is 2.35. The van der Waals surface area contributed by atoms with E-state index in [-0.39, 0.29) is 24.8 Å². The lowest BCUT2D eigenvalue weighted by Crippen LogP contribution is -2.25. The first kappa shape index (κ1) is 27.3. The molecule has 36 heavy (non-hydrogen) atoms. The van der Waals surface area contributed by atoms with Gasteiger partial charge in [0.05, 0.1) is 13.0 Å². The Labute approximate surface area is 214 Å². The average molecular weight is 490 g/mol. The molecule has 0 radical (unpaired) electrons. The fraction of sp³-hybridized carbons (Fsp3) is 0.419. The van der Waals surface area contributed by atoms with Crippen LogP contribution >= 0.6 is 0 Å². The molecule has 0 aliphatic heterocycles. The maximum absolute atomic E-state index is 12.3. The van der Waals surface area contributed by atoms with Crippen molar-refractivity contribution in [2.75, 3.05) is 13.2 Å². The van der Waals surface area contributed by atoms with E-state index in [2.05, 4.69) is 56.4 Å². The zero-order chi connectivity index (χ0) is 25.9. The molecule has 0 aromatic heterocycles. The van der Waals surface area contributed by atoms with Gasteiger partial charge >= 0.3 is 5.97 Å². The molecule has 0 saturated heterocycles. The van der Waals surface area contributed by atoms with Crippen LogP contribution in [0.1, 0.15) is 92.3 Å². The molecule has 1 atom stereocenters. The molecule has 2 N–H and O–H groups in total. The fourth-order valence-electron chi connectivity index (χ4n) is 4.65. The quantitative estimate of drug-likeness (QED) is 0.237. The zero-order valence-electron chi connectivity index (χ0n) is 21.8. The second-order valence-corrected chi connectivity index (χ2v) is 9.34. The summed E-state index contributed by atoms with van der Waals surface area (Å²) in [5.41, 5.74) is 4.28. The number of nitrogens with one attached hydrogen (secondary N) is 1. The zero-order valence-corrected chi connectivity index (χ0v) is 21.8. The molecule has 3 aromatic rings. The number of amides is 1. The van der Waals surface area contributed by atoms with E-state index in [1.165, 1.54) is 27.5 Å². The van der Waals surface area contributed by atoms with Gasteiger partial charge in [0.2, 0.25) is 0 Å². The number of ether oxygens (including phenoxy) is 1. The Bertz CT molecular complexity index is 1150. The molecule has 0 aliphatic carbocycles. The molecule has 5 nitrogen and oxygen atoms in total. The standard InChI is InChI=1S/C31H39NO4/c1-4-7-20-36-29-17-15-25-21-24(14-16-27(25)28(29)9-6-3)26(8-5-2)22-10-12-23(13-11-22)31(35)32-19-18-30(33)34/h10-17,21,26H,4-9,18-20H2,1-3H3,(H,32,35)(H,33,34). The molecule has 0 spiro atoms. The number of carbonyl (C=O) groups is 2. The highest BCUT2D eigenvalue weighted by molar-refractivity contribution is 5.94. The van der Waals surface area contributed by atoms with Crippen molar-refractivity contribution in [1.82, 2.24) is 5.32 Å². The van der Waals surface area contributed by atoms with Crippen molar-refractivity contribution in [1.29, 1.82) is 0 Å². The lowest BCUT2D eigenvalue weighted by Gasteiger charge is -2.20. The van der Waals surface area contributed by atoms with Crippen LogP contribution in [0.4, 0.5) is 0 Å². The number of carbonyl (C=O) groups excluding carboxylic acids is 1. The molecule has 1 unspecified atom stereocenters. The summed E-state index contributed by atoms with van der Waals surface area (Å²) >= 11 is 0. The molecule has 0 fully saturated rings. The lowest BCUT2D eigenvalue weighted by atomic mass is 9.85. The van der Waals surface area contributed by atoms with Crippen molar-refractivity contribution in [2.45, 2.75) is 71.6 Å². The van der Waals surface area contributed by atoms with Crippen molar-refractivity contribution in [3.05, 3.63) is 76.9 Å². The van der Waals surface area contributed by atoms with E-state index in [4.69, 9.17) is 9.84 Å². The van der Waals surface area contributed by atoms with Gasteiger partial charge in [-0.25, -0.2) is 0 Å². The van der Waals surface area contributed by atoms with E-state index in [9.17, 15) is 9.59 Å². The number of rotatable bonds is 14. The first-order chi connectivity index (χ1) is 17.5. The Morgan fingerprint density at radius 1 is 0.917 bits per heavy atom. The van der Waals surface area contributed by atoms with Crippen LogP contribution in [0.2, 0.25) is 0 Å². The summed E-state index contributed by atoms with van der Waals surface area (Å²) < 4.78 is 6.13. The summed E-state index contributed by atoms with van der Waals surface area (Å²) in [5, 5.41) is 13.9. The number of carboxylic acids is 1. The number of benzene rings is 3. The van der Waals surface area contributed by atoms with E-state index in [0.29, 0.717) is 5.56 Å². The second kappa shape index (κ2) is 13.7. The Hall–Kier alpha value is -3.34. The van der Waals surface area contributed by atoms with E-state index in [1.807, 2.05) is 24.3 Å². The predicted molar refractivity (Wildman–Crippen MR) is 146 cm³/mol. The van der Waals surface area contributed by atoms with Gasteiger partial charge in [0.15, 0.2) is 0 Å². The van der Waals surface area contributed by atoms with Gasteiger partial charge < -0.3 is 15.2 Å². The van der Waals surface area contributed by atoms with Crippen molar-refractivity contribution in [3.63, 3.8) is 0 Å². The SMILES string of the molecule is CCCCOc1ccc2cc(C(CCC)c3ccc(C(=O)NCCC(=O)O)cc3)ccc2c1CCC. The largest absolute Gasteiger partial charge is 0.493 e. The normalized spacial score (nSPS) is 11.9. The summed E-state index contributed by atoms with van der Waals surface area (Å²) in [6, 6.07) is 18.8. The first-order valence-electron chi connectivity index (χ1n) is 13.3. The summed E-state index contributed by atoms with van der Waals surface area (Å²) in [4.78, 5) is 23.0. The van der Waals surface area contributed by atoms with Gasteiger partial charge in [0, 0.05) is 23.6 Å². The number of carboxylic acid groups (broad SMARTS) is 1. The summed E-state index contributed by atoms with van der Waals surface area (Å²) in [5.74, 6) is 0.0676.